The highest BCUT2D eigenvalue weighted by Crippen LogP contribution is 2.33. The summed E-state index contributed by atoms with van der Waals surface area (Å²) in [4.78, 5) is 4.32. The van der Waals surface area contributed by atoms with E-state index in [1.54, 1.807) is 14.2 Å². The summed E-state index contributed by atoms with van der Waals surface area (Å²) < 4.78 is 10.4. The highest BCUT2D eigenvalue weighted by atomic mass is 32.1. The number of rotatable bonds is 4. The van der Waals surface area contributed by atoms with Crippen LogP contribution in [0.3, 0.4) is 0 Å². The molecule has 2 aromatic rings. The van der Waals surface area contributed by atoms with Gasteiger partial charge in [-0.3, -0.25) is 5.43 Å². The molecule has 0 atom stereocenters. The average molecular weight is 251 g/mol. The molecular formula is C11H13N3O2S. The van der Waals surface area contributed by atoms with Gasteiger partial charge in [0.25, 0.3) is 0 Å². The van der Waals surface area contributed by atoms with Crippen LogP contribution in [0.25, 0.3) is 11.3 Å². The van der Waals surface area contributed by atoms with Gasteiger partial charge in [-0.2, -0.15) is 0 Å². The Morgan fingerprint density at radius 1 is 1.24 bits per heavy atom. The van der Waals surface area contributed by atoms with E-state index in [0.717, 1.165) is 11.3 Å². The van der Waals surface area contributed by atoms with Crippen molar-refractivity contribution in [3.05, 3.63) is 23.6 Å². The summed E-state index contributed by atoms with van der Waals surface area (Å²) in [5, 5.41) is 2.60. The number of benzene rings is 1. The van der Waals surface area contributed by atoms with Crippen molar-refractivity contribution in [3.63, 3.8) is 0 Å². The summed E-state index contributed by atoms with van der Waals surface area (Å²) >= 11 is 1.45. The van der Waals surface area contributed by atoms with Crippen LogP contribution in [0.15, 0.2) is 23.6 Å². The zero-order chi connectivity index (χ0) is 12.3. The fourth-order valence-electron chi connectivity index (χ4n) is 1.47. The molecule has 1 aromatic heterocycles. The lowest BCUT2D eigenvalue weighted by molar-refractivity contribution is 0.355. The van der Waals surface area contributed by atoms with Crippen LogP contribution in [0.1, 0.15) is 0 Å². The first-order chi connectivity index (χ1) is 8.28. The lowest BCUT2D eigenvalue weighted by Crippen LogP contribution is -2.05. The Morgan fingerprint density at radius 2 is 2.00 bits per heavy atom. The predicted molar refractivity (Wildman–Crippen MR) is 68.5 cm³/mol. The Balaban J connectivity index is 2.38. The minimum absolute atomic E-state index is 0.676. The summed E-state index contributed by atoms with van der Waals surface area (Å²) in [6.07, 6.45) is 0. The molecule has 3 N–H and O–H groups in total. The Morgan fingerprint density at radius 3 is 2.59 bits per heavy atom. The van der Waals surface area contributed by atoms with Crippen LogP contribution in [0.5, 0.6) is 11.5 Å². The molecule has 1 heterocycles. The van der Waals surface area contributed by atoms with Crippen molar-refractivity contribution in [2.24, 2.45) is 5.84 Å². The molecule has 0 unspecified atom stereocenters. The molecule has 0 spiro atoms. The van der Waals surface area contributed by atoms with Crippen LogP contribution in [0, 0.1) is 0 Å². The van der Waals surface area contributed by atoms with Gasteiger partial charge in [0.05, 0.1) is 19.9 Å². The van der Waals surface area contributed by atoms with Crippen LogP contribution in [0.4, 0.5) is 5.13 Å². The van der Waals surface area contributed by atoms with E-state index < -0.39 is 0 Å². The van der Waals surface area contributed by atoms with Crippen molar-refractivity contribution < 1.29 is 9.47 Å². The quantitative estimate of drug-likeness (QED) is 0.643. The first-order valence-corrected chi connectivity index (χ1v) is 5.81. The zero-order valence-electron chi connectivity index (χ0n) is 9.56. The first kappa shape index (κ1) is 11.7. The number of nitrogens with two attached hydrogens (primary N) is 1. The molecule has 0 aliphatic carbocycles. The number of methoxy groups -OCH3 is 2. The maximum atomic E-state index is 5.30. The van der Waals surface area contributed by atoms with E-state index in [9.17, 15) is 0 Å². The van der Waals surface area contributed by atoms with E-state index in [-0.39, 0.29) is 0 Å². The van der Waals surface area contributed by atoms with Gasteiger partial charge in [-0.05, 0) is 18.2 Å². The lowest BCUT2D eigenvalue weighted by Gasteiger charge is -2.08. The topological polar surface area (TPSA) is 69.4 Å². The van der Waals surface area contributed by atoms with Gasteiger partial charge < -0.3 is 9.47 Å². The standard InChI is InChI=1S/C11H13N3O2S/c1-15-9-4-3-7(5-10(9)16-2)8-6-17-11(13-8)14-12/h3-6H,12H2,1-2H3,(H,13,14). The number of thiazole rings is 1. The lowest BCUT2D eigenvalue weighted by atomic mass is 10.1. The molecule has 17 heavy (non-hydrogen) atoms. The Bertz CT molecular complexity index is 513. The first-order valence-electron chi connectivity index (χ1n) is 4.93. The summed E-state index contributed by atoms with van der Waals surface area (Å²) in [6.45, 7) is 0. The second-order valence-corrected chi connectivity index (χ2v) is 4.11. The summed E-state index contributed by atoms with van der Waals surface area (Å²) in [5.41, 5.74) is 4.33. The summed E-state index contributed by atoms with van der Waals surface area (Å²) in [7, 11) is 3.21. The van der Waals surface area contributed by atoms with E-state index in [2.05, 4.69) is 10.4 Å². The van der Waals surface area contributed by atoms with Gasteiger partial charge in [-0.1, -0.05) is 0 Å². The number of aromatic nitrogens is 1. The number of ether oxygens (including phenoxy) is 2. The molecule has 0 amide bonds. The van der Waals surface area contributed by atoms with Crippen molar-refractivity contribution in [1.82, 2.24) is 4.98 Å². The maximum Gasteiger partial charge on any atom is 0.197 e. The van der Waals surface area contributed by atoms with E-state index in [1.807, 2.05) is 23.6 Å². The van der Waals surface area contributed by atoms with Crippen LogP contribution in [0.2, 0.25) is 0 Å². The van der Waals surface area contributed by atoms with Crippen LogP contribution < -0.4 is 20.7 Å². The van der Waals surface area contributed by atoms with Gasteiger partial charge in [-0.25, -0.2) is 10.8 Å². The fourth-order valence-corrected chi connectivity index (χ4v) is 2.10. The smallest absolute Gasteiger partial charge is 0.197 e. The number of nitrogens with one attached hydrogen (secondary N) is 1. The third kappa shape index (κ3) is 2.32. The van der Waals surface area contributed by atoms with Gasteiger partial charge >= 0.3 is 0 Å². The van der Waals surface area contributed by atoms with Crippen molar-refractivity contribution in [1.29, 1.82) is 0 Å². The molecule has 6 heteroatoms. The van der Waals surface area contributed by atoms with Gasteiger partial charge in [0.2, 0.25) is 0 Å². The number of nitrogens with zero attached hydrogens (tertiary/aromatic N) is 1. The molecule has 90 valence electrons. The molecule has 0 saturated heterocycles. The van der Waals surface area contributed by atoms with E-state index >= 15 is 0 Å². The SMILES string of the molecule is COc1ccc(-c2csc(NN)n2)cc1OC. The predicted octanol–water partition coefficient (Wildman–Crippen LogP) is 2.11. The molecule has 0 radical (unpaired) electrons. The molecule has 0 saturated carbocycles. The van der Waals surface area contributed by atoms with E-state index in [0.29, 0.717) is 16.6 Å². The fraction of sp³-hybridized carbons (Fsp3) is 0.182. The third-order valence-corrected chi connectivity index (χ3v) is 3.08. The Hall–Kier alpha value is -1.79. The monoisotopic (exact) mass is 251 g/mol. The molecule has 2 rings (SSSR count). The second kappa shape index (κ2) is 5.03. The van der Waals surface area contributed by atoms with Gasteiger partial charge in [0.15, 0.2) is 16.6 Å². The summed E-state index contributed by atoms with van der Waals surface area (Å²) in [5.74, 6) is 6.67. The zero-order valence-corrected chi connectivity index (χ0v) is 10.4. The molecule has 0 aliphatic rings. The molecular weight excluding hydrogens is 238 g/mol. The number of nitrogen functional groups attached to an aromatic ring is 1. The number of anilines is 1. The van der Waals surface area contributed by atoms with Crippen molar-refractivity contribution >= 4 is 16.5 Å². The highest BCUT2D eigenvalue weighted by molar-refractivity contribution is 7.14. The van der Waals surface area contributed by atoms with Crippen LogP contribution in [-0.2, 0) is 0 Å². The minimum Gasteiger partial charge on any atom is -0.493 e. The van der Waals surface area contributed by atoms with Crippen LogP contribution in [-0.4, -0.2) is 19.2 Å². The third-order valence-electron chi connectivity index (χ3n) is 2.31. The molecule has 0 aliphatic heterocycles. The minimum atomic E-state index is 0.676. The van der Waals surface area contributed by atoms with Crippen LogP contribution >= 0.6 is 11.3 Å². The average Bonchev–Trinajstić information content (AvgIpc) is 2.86. The molecule has 0 fully saturated rings. The molecule has 1 aromatic carbocycles. The number of hydrazine groups is 1. The molecule has 0 bridgehead atoms. The van der Waals surface area contributed by atoms with E-state index in [4.69, 9.17) is 15.3 Å². The van der Waals surface area contributed by atoms with Crippen molar-refractivity contribution in [2.75, 3.05) is 19.6 Å². The number of hydrogen-bond acceptors (Lipinski definition) is 6. The Labute approximate surface area is 103 Å². The molecule has 5 nitrogen and oxygen atoms in total. The van der Waals surface area contributed by atoms with Gasteiger partial charge in [-0.15, -0.1) is 11.3 Å². The van der Waals surface area contributed by atoms with Crippen molar-refractivity contribution in [2.45, 2.75) is 0 Å². The summed E-state index contributed by atoms with van der Waals surface area (Å²) in [6, 6.07) is 5.66. The van der Waals surface area contributed by atoms with E-state index in [1.165, 1.54) is 11.3 Å². The number of hydrogen-bond donors (Lipinski definition) is 2. The second-order valence-electron chi connectivity index (χ2n) is 3.25. The Kier molecular flexibility index (Phi) is 3.46. The van der Waals surface area contributed by atoms with Gasteiger partial charge in [0, 0.05) is 10.9 Å². The van der Waals surface area contributed by atoms with Gasteiger partial charge in [0.1, 0.15) is 0 Å². The normalized spacial score (nSPS) is 10.1. The highest BCUT2D eigenvalue weighted by Gasteiger charge is 2.08. The largest absolute Gasteiger partial charge is 0.493 e. The van der Waals surface area contributed by atoms with Crippen molar-refractivity contribution in [3.8, 4) is 22.8 Å². The maximum absolute atomic E-state index is 5.30.